The van der Waals surface area contributed by atoms with E-state index in [9.17, 15) is 5.11 Å². The minimum absolute atomic E-state index is 0.301. The zero-order valence-corrected chi connectivity index (χ0v) is 10.9. The maximum Gasteiger partial charge on any atom is 0.115 e. The first-order valence-corrected chi connectivity index (χ1v) is 6.21. The van der Waals surface area contributed by atoms with Crippen LogP contribution in [0.1, 0.15) is 22.7 Å². The highest BCUT2D eigenvalue weighted by atomic mass is 16.3. The van der Waals surface area contributed by atoms with Crippen LogP contribution in [0.3, 0.4) is 0 Å². The number of hydrogen-bond acceptors (Lipinski definition) is 2. The lowest BCUT2D eigenvalue weighted by molar-refractivity contribution is 0.475. The predicted molar refractivity (Wildman–Crippen MR) is 74.8 cm³/mol. The first kappa shape index (κ1) is 12.7. The van der Waals surface area contributed by atoms with Gasteiger partial charge in [-0.3, -0.25) is 0 Å². The molecule has 2 rings (SSSR count). The summed E-state index contributed by atoms with van der Waals surface area (Å²) < 4.78 is 0. The summed E-state index contributed by atoms with van der Waals surface area (Å²) >= 11 is 0. The maximum absolute atomic E-state index is 9.28. The molecule has 94 valence electrons. The number of benzene rings is 2. The number of nitrogens with one attached hydrogen (secondary N) is 1. The average Bonchev–Trinajstić information content (AvgIpc) is 2.39. The Bertz CT molecular complexity index is 488. The van der Waals surface area contributed by atoms with Crippen LogP contribution in [0.15, 0.2) is 48.5 Å². The lowest BCUT2D eigenvalue weighted by Crippen LogP contribution is -2.18. The third kappa shape index (κ3) is 3.11. The SMILES string of the molecule is CNC(Cc1ccc(O)cc1)c1ccc(C)cc1. The molecule has 0 aliphatic carbocycles. The van der Waals surface area contributed by atoms with E-state index in [0.29, 0.717) is 11.8 Å². The number of aromatic hydroxyl groups is 1. The fraction of sp³-hybridized carbons (Fsp3) is 0.250. The molecule has 0 heterocycles. The lowest BCUT2D eigenvalue weighted by atomic mass is 9.98. The van der Waals surface area contributed by atoms with Crippen LogP contribution in [0.4, 0.5) is 0 Å². The standard InChI is InChI=1S/C16H19NO/c1-12-3-7-14(8-4-12)16(17-2)11-13-5-9-15(18)10-6-13/h3-10,16-18H,11H2,1-2H3. The Morgan fingerprint density at radius 1 is 1.00 bits per heavy atom. The number of phenolic OH excluding ortho intramolecular Hbond substituents is 1. The van der Waals surface area contributed by atoms with E-state index in [1.54, 1.807) is 12.1 Å². The smallest absolute Gasteiger partial charge is 0.115 e. The third-order valence-corrected chi connectivity index (χ3v) is 3.20. The Morgan fingerprint density at radius 2 is 1.61 bits per heavy atom. The van der Waals surface area contributed by atoms with Crippen molar-refractivity contribution < 1.29 is 5.11 Å². The van der Waals surface area contributed by atoms with Crippen molar-refractivity contribution in [3.05, 3.63) is 65.2 Å². The second kappa shape index (κ2) is 5.69. The van der Waals surface area contributed by atoms with Crippen molar-refractivity contribution in [3.63, 3.8) is 0 Å². The molecule has 0 amide bonds. The topological polar surface area (TPSA) is 32.3 Å². The molecule has 2 aromatic rings. The normalized spacial score (nSPS) is 12.3. The fourth-order valence-corrected chi connectivity index (χ4v) is 2.05. The lowest BCUT2D eigenvalue weighted by Gasteiger charge is -2.17. The second-order valence-corrected chi connectivity index (χ2v) is 4.62. The predicted octanol–water partition coefficient (Wildman–Crippen LogP) is 3.20. The fourth-order valence-electron chi connectivity index (χ4n) is 2.05. The van der Waals surface area contributed by atoms with Crippen LogP contribution >= 0.6 is 0 Å². The van der Waals surface area contributed by atoms with Crippen LogP contribution in [-0.2, 0) is 6.42 Å². The highest BCUT2D eigenvalue weighted by Gasteiger charge is 2.09. The molecule has 2 nitrogen and oxygen atoms in total. The zero-order valence-electron chi connectivity index (χ0n) is 10.9. The third-order valence-electron chi connectivity index (χ3n) is 3.20. The highest BCUT2D eigenvalue weighted by molar-refractivity contribution is 5.29. The van der Waals surface area contributed by atoms with Gasteiger partial charge in [-0.15, -0.1) is 0 Å². The van der Waals surface area contributed by atoms with Gasteiger partial charge in [0, 0.05) is 6.04 Å². The number of hydrogen-bond donors (Lipinski definition) is 2. The molecule has 0 saturated carbocycles. The monoisotopic (exact) mass is 241 g/mol. The van der Waals surface area contributed by atoms with Gasteiger partial charge < -0.3 is 10.4 Å². The molecule has 2 heteroatoms. The van der Waals surface area contributed by atoms with E-state index in [-0.39, 0.29) is 0 Å². The number of rotatable bonds is 4. The van der Waals surface area contributed by atoms with Gasteiger partial charge in [-0.25, -0.2) is 0 Å². The number of aryl methyl sites for hydroxylation is 1. The van der Waals surface area contributed by atoms with E-state index >= 15 is 0 Å². The van der Waals surface area contributed by atoms with Crippen LogP contribution in [0.25, 0.3) is 0 Å². The quantitative estimate of drug-likeness (QED) is 0.861. The molecule has 0 aromatic heterocycles. The largest absolute Gasteiger partial charge is 0.508 e. The van der Waals surface area contributed by atoms with E-state index in [4.69, 9.17) is 0 Å². The zero-order chi connectivity index (χ0) is 13.0. The van der Waals surface area contributed by atoms with Crippen LogP contribution in [0.5, 0.6) is 5.75 Å². The molecule has 0 radical (unpaired) electrons. The summed E-state index contributed by atoms with van der Waals surface area (Å²) in [6.45, 7) is 2.10. The Hall–Kier alpha value is -1.80. The van der Waals surface area contributed by atoms with Gasteiger partial charge in [0.05, 0.1) is 0 Å². The molecular formula is C16H19NO. The Labute approximate surface area is 108 Å². The molecule has 0 saturated heterocycles. The van der Waals surface area contributed by atoms with Crippen LogP contribution < -0.4 is 5.32 Å². The van der Waals surface area contributed by atoms with Crippen LogP contribution in [0, 0.1) is 6.92 Å². The number of phenols is 1. The second-order valence-electron chi connectivity index (χ2n) is 4.62. The average molecular weight is 241 g/mol. The van der Waals surface area contributed by atoms with Gasteiger partial charge in [0.1, 0.15) is 5.75 Å². The molecule has 18 heavy (non-hydrogen) atoms. The van der Waals surface area contributed by atoms with E-state index in [1.165, 1.54) is 16.7 Å². The van der Waals surface area contributed by atoms with Crippen molar-refractivity contribution in [1.82, 2.24) is 5.32 Å². The van der Waals surface area contributed by atoms with Crippen molar-refractivity contribution in [2.45, 2.75) is 19.4 Å². The molecule has 1 atom stereocenters. The van der Waals surface area contributed by atoms with E-state index in [2.05, 4.69) is 36.5 Å². The maximum atomic E-state index is 9.28. The van der Waals surface area contributed by atoms with E-state index in [1.807, 2.05) is 19.2 Å². The Kier molecular flexibility index (Phi) is 4.00. The summed E-state index contributed by atoms with van der Waals surface area (Å²) in [6.07, 6.45) is 0.917. The molecule has 0 fully saturated rings. The molecule has 1 unspecified atom stereocenters. The van der Waals surface area contributed by atoms with Gasteiger partial charge >= 0.3 is 0 Å². The van der Waals surface area contributed by atoms with Crippen molar-refractivity contribution >= 4 is 0 Å². The molecule has 0 spiro atoms. The first-order valence-electron chi connectivity index (χ1n) is 6.21. The molecule has 0 aliphatic heterocycles. The number of likely N-dealkylation sites (N-methyl/N-ethyl adjacent to an activating group) is 1. The summed E-state index contributed by atoms with van der Waals surface area (Å²) in [5, 5.41) is 12.6. The highest BCUT2D eigenvalue weighted by Crippen LogP contribution is 2.20. The van der Waals surface area contributed by atoms with Crippen molar-refractivity contribution in [2.24, 2.45) is 0 Å². The van der Waals surface area contributed by atoms with Gasteiger partial charge in [0.2, 0.25) is 0 Å². The van der Waals surface area contributed by atoms with E-state index in [0.717, 1.165) is 6.42 Å². The van der Waals surface area contributed by atoms with Crippen molar-refractivity contribution in [1.29, 1.82) is 0 Å². The van der Waals surface area contributed by atoms with Gasteiger partial charge in [0.25, 0.3) is 0 Å². The van der Waals surface area contributed by atoms with Gasteiger partial charge in [-0.1, -0.05) is 42.0 Å². The minimum Gasteiger partial charge on any atom is -0.508 e. The minimum atomic E-state index is 0.301. The Balaban J connectivity index is 2.14. The van der Waals surface area contributed by atoms with Crippen LogP contribution in [-0.4, -0.2) is 12.2 Å². The van der Waals surface area contributed by atoms with Crippen LogP contribution in [0.2, 0.25) is 0 Å². The van der Waals surface area contributed by atoms with E-state index < -0.39 is 0 Å². The summed E-state index contributed by atoms with van der Waals surface area (Å²) in [5.74, 6) is 0.315. The first-order chi connectivity index (χ1) is 8.69. The molecule has 0 aliphatic rings. The molecule has 0 bridgehead atoms. The summed E-state index contributed by atoms with van der Waals surface area (Å²) in [5.41, 5.74) is 3.78. The Morgan fingerprint density at radius 3 is 2.17 bits per heavy atom. The summed E-state index contributed by atoms with van der Waals surface area (Å²) in [6, 6.07) is 16.3. The molecule has 2 aromatic carbocycles. The van der Waals surface area contributed by atoms with Crippen molar-refractivity contribution in [2.75, 3.05) is 7.05 Å². The van der Waals surface area contributed by atoms with Crippen molar-refractivity contribution in [3.8, 4) is 5.75 Å². The van der Waals surface area contributed by atoms with Gasteiger partial charge in [-0.2, -0.15) is 0 Å². The summed E-state index contributed by atoms with van der Waals surface area (Å²) in [7, 11) is 1.98. The summed E-state index contributed by atoms with van der Waals surface area (Å²) in [4.78, 5) is 0. The molecule has 2 N–H and O–H groups in total. The molecular weight excluding hydrogens is 222 g/mol. The van der Waals surface area contributed by atoms with Gasteiger partial charge in [0.15, 0.2) is 0 Å². The van der Waals surface area contributed by atoms with Gasteiger partial charge in [-0.05, 0) is 43.7 Å².